The highest BCUT2D eigenvalue weighted by atomic mass is 32.2. The highest BCUT2D eigenvalue weighted by Gasteiger charge is 2.22. The average molecular weight is 415 g/mol. The second-order valence-corrected chi connectivity index (χ2v) is 9.31. The van der Waals surface area contributed by atoms with E-state index in [2.05, 4.69) is 10.0 Å². The summed E-state index contributed by atoms with van der Waals surface area (Å²) >= 11 is 1.45. The number of carbonyl (C=O) groups is 1. The van der Waals surface area contributed by atoms with Gasteiger partial charge in [-0.25, -0.2) is 8.42 Å². The van der Waals surface area contributed by atoms with Crippen molar-refractivity contribution in [1.82, 2.24) is 5.32 Å². The van der Waals surface area contributed by atoms with Crippen molar-refractivity contribution in [2.75, 3.05) is 11.0 Å². The summed E-state index contributed by atoms with van der Waals surface area (Å²) in [7, 11) is -3.34. The molecule has 0 fully saturated rings. The van der Waals surface area contributed by atoms with Crippen molar-refractivity contribution in [1.29, 1.82) is 0 Å². The minimum atomic E-state index is -3.34. The van der Waals surface area contributed by atoms with Gasteiger partial charge in [-0.1, -0.05) is 24.3 Å². The van der Waals surface area contributed by atoms with Gasteiger partial charge in [-0.15, -0.1) is 11.3 Å². The number of sulfonamides is 1. The first kappa shape index (κ1) is 18.5. The molecule has 0 atom stereocenters. The maximum absolute atomic E-state index is 12.6. The lowest BCUT2D eigenvalue weighted by Crippen LogP contribution is -2.22. The highest BCUT2D eigenvalue weighted by molar-refractivity contribution is 7.92. The normalized spacial score (nSPS) is 12.5. The van der Waals surface area contributed by atoms with Crippen LogP contribution in [0.1, 0.15) is 20.8 Å². The number of carbonyl (C=O) groups excluding carboxylic acids is 1. The molecule has 0 saturated heterocycles. The van der Waals surface area contributed by atoms with Gasteiger partial charge in [-0.3, -0.25) is 9.52 Å². The number of amides is 1. The number of hydrogen-bond donors (Lipinski definition) is 2. The molecule has 1 aliphatic heterocycles. The molecule has 8 heteroatoms. The van der Waals surface area contributed by atoms with Gasteiger partial charge < -0.3 is 10.1 Å². The largest absolute Gasteiger partial charge is 0.488 e. The highest BCUT2D eigenvalue weighted by Crippen LogP contribution is 2.42. The summed E-state index contributed by atoms with van der Waals surface area (Å²) < 4.78 is 30.9. The molecule has 2 aromatic carbocycles. The van der Waals surface area contributed by atoms with Crippen LogP contribution in [0.3, 0.4) is 0 Å². The molecule has 2 N–H and O–H groups in total. The van der Waals surface area contributed by atoms with Gasteiger partial charge >= 0.3 is 0 Å². The van der Waals surface area contributed by atoms with Crippen LogP contribution in [0.5, 0.6) is 5.75 Å². The summed E-state index contributed by atoms with van der Waals surface area (Å²) in [4.78, 5) is 14.3. The molecular formula is C20H18N2O4S2. The van der Waals surface area contributed by atoms with Crippen molar-refractivity contribution in [3.63, 3.8) is 0 Å². The van der Waals surface area contributed by atoms with E-state index in [1.165, 1.54) is 11.3 Å². The summed E-state index contributed by atoms with van der Waals surface area (Å²) in [5, 5.41) is 2.89. The number of thiophene rings is 1. The minimum absolute atomic E-state index is 0.168. The van der Waals surface area contributed by atoms with Crippen LogP contribution >= 0.6 is 11.3 Å². The zero-order valence-electron chi connectivity index (χ0n) is 15.1. The topological polar surface area (TPSA) is 84.5 Å². The van der Waals surface area contributed by atoms with Gasteiger partial charge in [-0.05, 0) is 35.9 Å². The van der Waals surface area contributed by atoms with Gasteiger partial charge in [0.2, 0.25) is 10.0 Å². The van der Waals surface area contributed by atoms with E-state index in [1.54, 1.807) is 18.2 Å². The Hall–Kier alpha value is -2.84. The van der Waals surface area contributed by atoms with Crippen LogP contribution in [0.2, 0.25) is 0 Å². The van der Waals surface area contributed by atoms with E-state index in [0.717, 1.165) is 33.6 Å². The van der Waals surface area contributed by atoms with E-state index in [0.29, 0.717) is 23.7 Å². The van der Waals surface area contributed by atoms with Crippen molar-refractivity contribution in [3.8, 4) is 16.2 Å². The van der Waals surface area contributed by atoms with Gasteiger partial charge in [0, 0.05) is 28.2 Å². The van der Waals surface area contributed by atoms with Gasteiger partial charge in [0.25, 0.3) is 5.91 Å². The Morgan fingerprint density at radius 1 is 1.14 bits per heavy atom. The molecule has 28 heavy (non-hydrogen) atoms. The predicted octanol–water partition coefficient (Wildman–Crippen LogP) is 3.61. The van der Waals surface area contributed by atoms with Crippen molar-refractivity contribution < 1.29 is 17.9 Å². The Kier molecular flexibility index (Phi) is 4.82. The third-order valence-electron chi connectivity index (χ3n) is 4.23. The van der Waals surface area contributed by atoms with Crippen molar-refractivity contribution in [3.05, 3.63) is 70.6 Å². The molecule has 0 unspecified atom stereocenters. The van der Waals surface area contributed by atoms with Crippen molar-refractivity contribution in [2.45, 2.75) is 13.2 Å². The molecule has 6 nitrogen and oxygen atoms in total. The van der Waals surface area contributed by atoms with E-state index in [1.807, 2.05) is 36.4 Å². The third kappa shape index (κ3) is 4.02. The van der Waals surface area contributed by atoms with Gasteiger partial charge in [0.05, 0.1) is 11.1 Å². The van der Waals surface area contributed by atoms with Crippen LogP contribution in [0.25, 0.3) is 10.4 Å². The molecule has 144 valence electrons. The lowest BCUT2D eigenvalue weighted by Gasteiger charge is -2.16. The molecule has 4 rings (SSSR count). The fraction of sp³-hybridized carbons (Fsp3) is 0.150. The monoisotopic (exact) mass is 414 g/mol. The predicted molar refractivity (Wildman–Crippen MR) is 110 cm³/mol. The Labute approximate surface area is 167 Å². The van der Waals surface area contributed by atoms with Gasteiger partial charge in [-0.2, -0.15) is 0 Å². The van der Waals surface area contributed by atoms with Crippen LogP contribution in [-0.4, -0.2) is 20.6 Å². The number of fused-ring (bicyclic) bond motifs is 3. The SMILES string of the molecule is CS(=O)(=O)Nc1cccc(CNC(=O)c2cc3c(s2)-c2ccccc2OC3)c1. The lowest BCUT2D eigenvalue weighted by atomic mass is 10.1. The lowest BCUT2D eigenvalue weighted by molar-refractivity contribution is 0.0955. The smallest absolute Gasteiger partial charge is 0.261 e. The minimum Gasteiger partial charge on any atom is -0.488 e. The van der Waals surface area contributed by atoms with Crippen LogP contribution in [0.4, 0.5) is 5.69 Å². The molecule has 0 aliphatic carbocycles. The van der Waals surface area contributed by atoms with E-state index in [-0.39, 0.29) is 5.91 Å². The van der Waals surface area contributed by atoms with Crippen molar-refractivity contribution >= 4 is 33.0 Å². The van der Waals surface area contributed by atoms with Crippen LogP contribution < -0.4 is 14.8 Å². The Morgan fingerprint density at radius 2 is 1.96 bits per heavy atom. The molecule has 1 aliphatic rings. The fourth-order valence-electron chi connectivity index (χ4n) is 3.04. The molecule has 3 aromatic rings. The van der Waals surface area contributed by atoms with Crippen LogP contribution in [-0.2, 0) is 23.2 Å². The van der Waals surface area contributed by atoms with E-state index < -0.39 is 10.0 Å². The first-order valence-electron chi connectivity index (χ1n) is 8.59. The number of ether oxygens (including phenoxy) is 1. The Balaban J connectivity index is 1.47. The zero-order chi connectivity index (χ0) is 19.7. The molecule has 1 aromatic heterocycles. The van der Waals surface area contributed by atoms with Crippen molar-refractivity contribution in [2.24, 2.45) is 0 Å². The van der Waals surface area contributed by atoms with E-state index in [4.69, 9.17) is 4.74 Å². The van der Waals surface area contributed by atoms with Crippen LogP contribution in [0, 0.1) is 0 Å². The average Bonchev–Trinajstić information content (AvgIpc) is 3.10. The number of rotatable bonds is 5. The van der Waals surface area contributed by atoms with E-state index in [9.17, 15) is 13.2 Å². The van der Waals surface area contributed by atoms with E-state index >= 15 is 0 Å². The quantitative estimate of drug-likeness (QED) is 0.668. The standard InChI is InChI=1S/C20H18N2O4S2/c1-28(24,25)22-15-6-4-5-13(9-15)11-21-20(23)18-10-14-12-26-17-8-3-2-7-16(17)19(14)27-18/h2-10,22H,11-12H2,1H3,(H,21,23). The molecule has 0 bridgehead atoms. The summed E-state index contributed by atoms with van der Waals surface area (Å²) in [5.74, 6) is 0.664. The summed E-state index contributed by atoms with van der Waals surface area (Å²) in [6.07, 6.45) is 1.10. The number of benzene rings is 2. The summed E-state index contributed by atoms with van der Waals surface area (Å²) in [5.41, 5.74) is 3.28. The summed E-state index contributed by atoms with van der Waals surface area (Å²) in [6.45, 7) is 0.753. The molecular weight excluding hydrogens is 396 g/mol. The molecule has 0 saturated carbocycles. The number of hydrogen-bond acceptors (Lipinski definition) is 5. The number of para-hydroxylation sites is 1. The maximum atomic E-state index is 12.6. The Bertz CT molecular complexity index is 1150. The number of nitrogens with one attached hydrogen (secondary N) is 2. The first-order chi connectivity index (χ1) is 13.4. The summed E-state index contributed by atoms with van der Waals surface area (Å²) in [6, 6.07) is 16.6. The zero-order valence-corrected chi connectivity index (χ0v) is 16.7. The first-order valence-corrected chi connectivity index (χ1v) is 11.3. The number of anilines is 1. The van der Waals surface area contributed by atoms with Gasteiger partial charge in [0.1, 0.15) is 12.4 Å². The molecule has 0 radical (unpaired) electrons. The molecule has 0 spiro atoms. The third-order valence-corrected chi connectivity index (χ3v) is 6.05. The Morgan fingerprint density at radius 3 is 2.79 bits per heavy atom. The maximum Gasteiger partial charge on any atom is 0.261 e. The van der Waals surface area contributed by atoms with Gasteiger partial charge in [0.15, 0.2) is 0 Å². The van der Waals surface area contributed by atoms with Crippen LogP contribution in [0.15, 0.2) is 54.6 Å². The second kappa shape index (κ2) is 7.29. The molecule has 1 amide bonds. The molecule has 2 heterocycles. The second-order valence-electron chi connectivity index (χ2n) is 6.51. The fourth-order valence-corrected chi connectivity index (χ4v) is 4.71.